The van der Waals surface area contributed by atoms with Gasteiger partial charge in [0.15, 0.2) is 0 Å². The van der Waals surface area contributed by atoms with E-state index in [1.54, 1.807) is 12.5 Å². The number of allylic oxidation sites excluding steroid dienone is 1. The standard InChI is InChI=1S/C19H22O/c1-11-18-9-14(13-3-4-13)5-6-15(18)7-17-8-16(12(2)20)10-19(11)17/h7,9,13,16H,3-6,8,10H2,1-2H3. The molecule has 4 rings (SSSR count). The van der Waals surface area contributed by atoms with Gasteiger partial charge in [0.25, 0.3) is 0 Å². The zero-order chi connectivity index (χ0) is 13.9. The number of hydrogen-bond donors (Lipinski definition) is 0. The van der Waals surface area contributed by atoms with Gasteiger partial charge in [-0.3, -0.25) is 4.79 Å². The molecule has 0 amide bonds. The van der Waals surface area contributed by atoms with Crippen molar-refractivity contribution in [2.75, 3.05) is 0 Å². The van der Waals surface area contributed by atoms with Crippen LogP contribution in [0.2, 0.25) is 0 Å². The lowest BCUT2D eigenvalue weighted by atomic mass is 9.84. The number of rotatable bonds is 2. The highest BCUT2D eigenvalue weighted by Crippen LogP contribution is 2.44. The van der Waals surface area contributed by atoms with Crippen molar-refractivity contribution >= 4 is 11.9 Å². The lowest BCUT2D eigenvalue weighted by Gasteiger charge is -2.21. The van der Waals surface area contributed by atoms with E-state index in [9.17, 15) is 4.79 Å². The van der Waals surface area contributed by atoms with E-state index in [2.05, 4.69) is 19.1 Å². The smallest absolute Gasteiger partial charge is 0.133 e. The molecule has 0 N–H and O–H groups in total. The van der Waals surface area contributed by atoms with E-state index in [0.29, 0.717) is 5.78 Å². The minimum atomic E-state index is 0.236. The third-order valence-corrected chi connectivity index (χ3v) is 5.54. The van der Waals surface area contributed by atoms with Gasteiger partial charge in [-0.2, -0.15) is 0 Å². The number of fused-ring (bicyclic) bond motifs is 2. The summed E-state index contributed by atoms with van der Waals surface area (Å²) in [7, 11) is 0. The monoisotopic (exact) mass is 266 g/mol. The molecule has 0 aromatic heterocycles. The van der Waals surface area contributed by atoms with Crippen LogP contribution >= 0.6 is 0 Å². The van der Waals surface area contributed by atoms with Crippen molar-refractivity contribution in [1.82, 2.24) is 0 Å². The van der Waals surface area contributed by atoms with E-state index >= 15 is 0 Å². The highest BCUT2D eigenvalue weighted by Gasteiger charge is 2.31. The maximum absolute atomic E-state index is 11.7. The largest absolute Gasteiger partial charge is 0.300 e. The van der Waals surface area contributed by atoms with Gasteiger partial charge in [0, 0.05) is 5.92 Å². The first-order valence-electron chi connectivity index (χ1n) is 7.98. The van der Waals surface area contributed by atoms with Crippen LogP contribution in [0.4, 0.5) is 0 Å². The molecule has 0 aliphatic heterocycles. The van der Waals surface area contributed by atoms with Crippen LogP contribution in [0.25, 0.3) is 6.08 Å². The van der Waals surface area contributed by atoms with Crippen LogP contribution in [-0.4, -0.2) is 5.78 Å². The molecule has 1 aromatic carbocycles. The summed E-state index contributed by atoms with van der Waals surface area (Å²) in [6.45, 7) is 4.02. The molecular formula is C19H22O. The summed E-state index contributed by atoms with van der Waals surface area (Å²) in [6.07, 6.45) is 9.68. The molecule has 0 radical (unpaired) electrons. The van der Waals surface area contributed by atoms with Gasteiger partial charge >= 0.3 is 0 Å². The summed E-state index contributed by atoms with van der Waals surface area (Å²) < 4.78 is 0. The van der Waals surface area contributed by atoms with Gasteiger partial charge in [-0.25, -0.2) is 0 Å². The van der Waals surface area contributed by atoms with Gasteiger partial charge in [0.05, 0.1) is 0 Å². The second kappa shape index (κ2) is 4.31. The second-order valence-electron chi connectivity index (χ2n) is 6.92. The van der Waals surface area contributed by atoms with E-state index in [-0.39, 0.29) is 5.92 Å². The van der Waals surface area contributed by atoms with Gasteiger partial charge < -0.3 is 0 Å². The molecule has 0 bridgehead atoms. The number of aryl methyl sites for hydroxylation is 1. The number of ketones is 1. The maximum atomic E-state index is 11.7. The van der Waals surface area contributed by atoms with Crippen molar-refractivity contribution in [3.63, 3.8) is 0 Å². The Bertz CT molecular complexity index is 632. The minimum Gasteiger partial charge on any atom is -0.300 e. The summed E-state index contributed by atoms with van der Waals surface area (Å²) in [5, 5.41) is 0. The van der Waals surface area contributed by atoms with Crippen LogP contribution in [0.5, 0.6) is 0 Å². The van der Waals surface area contributed by atoms with Crippen molar-refractivity contribution in [1.29, 1.82) is 0 Å². The van der Waals surface area contributed by atoms with Crippen LogP contribution in [0.15, 0.2) is 11.6 Å². The molecule has 3 aliphatic carbocycles. The molecule has 1 heteroatoms. The molecule has 104 valence electrons. The second-order valence-corrected chi connectivity index (χ2v) is 6.92. The highest BCUT2D eigenvalue weighted by molar-refractivity contribution is 5.80. The summed E-state index contributed by atoms with van der Waals surface area (Å²) in [6, 6.07) is 2.40. The SMILES string of the molecule is CC(=O)C1Cc2cc3c(c(C)c2C1)C=C(C1CC1)CC3. The van der Waals surface area contributed by atoms with Gasteiger partial charge in [-0.15, -0.1) is 0 Å². The maximum Gasteiger partial charge on any atom is 0.133 e. The Hall–Kier alpha value is -1.37. The van der Waals surface area contributed by atoms with E-state index in [0.717, 1.165) is 18.8 Å². The molecule has 1 nitrogen and oxygen atoms in total. The minimum absolute atomic E-state index is 0.236. The fraction of sp³-hybridized carbons (Fsp3) is 0.526. The molecule has 1 aromatic rings. The topological polar surface area (TPSA) is 17.1 Å². The van der Waals surface area contributed by atoms with Gasteiger partial charge in [-0.05, 0) is 86.1 Å². The third kappa shape index (κ3) is 1.87. The Morgan fingerprint density at radius 3 is 2.65 bits per heavy atom. The first-order valence-corrected chi connectivity index (χ1v) is 7.98. The molecule has 0 heterocycles. The Labute approximate surface area is 121 Å². The van der Waals surface area contributed by atoms with Gasteiger partial charge in [0.1, 0.15) is 5.78 Å². The van der Waals surface area contributed by atoms with Crippen LogP contribution < -0.4 is 0 Å². The van der Waals surface area contributed by atoms with E-state index in [1.807, 2.05) is 0 Å². The van der Waals surface area contributed by atoms with Crippen molar-refractivity contribution in [2.45, 2.75) is 52.4 Å². The number of carbonyl (C=O) groups excluding carboxylic acids is 1. The number of hydrogen-bond acceptors (Lipinski definition) is 1. The lowest BCUT2D eigenvalue weighted by Crippen LogP contribution is -2.10. The molecule has 1 atom stereocenters. The van der Waals surface area contributed by atoms with E-state index < -0.39 is 0 Å². The fourth-order valence-corrected chi connectivity index (χ4v) is 4.08. The van der Waals surface area contributed by atoms with E-state index in [1.165, 1.54) is 53.5 Å². The Morgan fingerprint density at radius 1 is 1.15 bits per heavy atom. The number of Topliss-reactive ketones (excluding diaryl/α,β-unsaturated/α-hetero) is 1. The third-order valence-electron chi connectivity index (χ3n) is 5.54. The molecule has 0 saturated heterocycles. The lowest BCUT2D eigenvalue weighted by molar-refractivity contribution is -0.120. The quantitative estimate of drug-likeness (QED) is 0.789. The molecular weight excluding hydrogens is 244 g/mol. The molecule has 1 saturated carbocycles. The fourth-order valence-electron chi connectivity index (χ4n) is 4.08. The summed E-state index contributed by atoms with van der Waals surface area (Å²) in [4.78, 5) is 11.7. The van der Waals surface area contributed by atoms with Crippen LogP contribution in [0.3, 0.4) is 0 Å². The first-order chi connectivity index (χ1) is 9.63. The Morgan fingerprint density at radius 2 is 1.95 bits per heavy atom. The van der Waals surface area contributed by atoms with Crippen molar-refractivity contribution in [2.24, 2.45) is 11.8 Å². The number of benzene rings is 1. The summed E-state index contributed by atoms with van der Waals surface area (Å²) in [5.41, 5.74) is 9.07. The predicted molar refractivity (Wildman–Crippen MR) is 81.8 cm³/mol. The van der Waals surface area contributed by atoms with Crippen LogP contribution in [0, 0.1) is 18.8 Å². The van der Waals surface area contributed by atoms with Gasteiger partial charge in [0.2, 0.25) is 0 Å². The van der Waals surface area contributed by atoms with Crippen LogP contribution in [0.1, 0.15) is 54.0 Å². The van der Waals surface area contributed by atoms with Crippen molar-refractivity contribution < 1.29 is 4.79 Å². The molecule has 20 heavy (non-hydrogen) atoms. The Balaban J connectivity index is 1.77. The van der Waals surface area contributed by atoms with Gasteiger partial charge in [-0.1, -0.05) is 17.7 Å². The average Bonchev–Trinajstić information content (AvgIpc) is 3.18. The van der Waals surface area contributed by atoms with E-state index in [4.69, 9.17) is 0 Å². The summed E-state index contributed by atoms with van der Waals surface area (Å²) in [5.74, 6) is 1.48. The molecule has 0 spiro atoms. The number of carbonyl (C=O) groups is 1. The zero-order valence-corrected chi connectivity index (χ0v) is 12.5. The van der Waals surface area contributed by atoms with Crippen molar-refractivity contribution in [3.05, 3.63) is 39.5 Å². The zero-order valence-electron chi connectivity index (χ0n) is 12.5. The molecule has 3 aliphatic rings. The van der Waals surface area contributed by atoms with Crippen molar-refractivity contribution in [3.8, 4) is 0 Å². The molecule has 1 fully saturated rings. The first kappa shape index (κ1) is 12.4. The van der Waals surface area contributed by atoms with Crippen LogP contribution in [-0.2, 0) is 24.1 Å². The average molecular weight is 266 g/mol. The summed E-state index contributed by atoms with van der Waals surface area (Å²) >= 11 is 0. The Kier molecular flexibility index (Phi) is 2.67. The molecule has 1 unspecified atom stereocenters. The normalized spacial score (nSPS) is 24.1. The highest BCUT2D eigenvalue weighted by atomic mass is 16.1. The predicted octanol–water partition coefficient (Wildman–Crippen LogP) is 4.04.